The van der Waals surface area contributed by atoms with E-state index in [1.54, 1.807) is 31.7 Å². The van der Waals surface area contributed by atoms with Crippen molar-refractivity contribution in [2.24, 2.45) is 0 Å². The molecule has 2 heterocycles. The highest BCUT2D eigenvalue weighted by Crippen LogP contribution is 2.25. The van der Waals surface area contributed by atoms with Crippen LogP contribution in [0.15, 0.2) is 6.07 Å². The van der Waals surface area contributed by atoms with E-state index in [2.05, 4.69) is 15.9 Å². The van der Waals surface area contributed by atoms with Gasteiger partial charge in [-0.3, -0.25) is 0 Å². The quantitative estimate of drug-likeness (QED) is 0.608. The van der Waals surface area contributed by atoms with Gasteiger partial charge in [0.2, 0.25) is 17.7 Å². The number of hydrogen-bond donors (Lipinski definition) is 0. The lowest BCUT2D eigenvalue weighted by Crippen LogP contribution is -2.50. The molecule has 1 fully saturated rings. The summed E-state index contributed by atoms with van der Waals surface area (Å²) < 4.78 is 24.5. The zero-order valence-electron chi connectivity index (χ0n) is 15.0. The van der Waals surface area contributed by atoms with E-state index in [1.165, 1.54) is 0 Å². The number of nitriles is 1. The molecular weight excluding hydrogens is 339 g/mol. The molecule has 1 aromatic rings. The Bertz CT molecular complexity index is 748. The fraction of sp³-hybridized carbons (Fsp3) is 0.556. The summed E-state index contributed by atoms with van der Waals surface area (Å²) in [6.45, 7) is 5.79. The number of piperidine rings is 1. The first-order valence-corrected chi connectivity index (χ1v) is 8.26. The summed E-state index contributed by atoms with van der Waals surface area (Å²) in [5, 5.41) is 8.82. The zero-order valence-corrected chi connectivity index (χ0v) is 15.0. The van der Waals surface area contributed by atoms with Crippen LogP contribution in [0.3, 0.4) is 0 Å². The molecule has 2 atom stereocenters. The van der Waals surface area contributed by atoms with Gasteiger partial charge in [-0.1, -0.05) is 0 Å². The van der Waals surface area contributed by atoms with Gasteiger partial charge in [0.1, 0.15) is 17.8 Å². The van der Waals surface area contributed by atoms with Crippen LogP contribution in [0.25, 0.3) is 0 Å². The Kier molecular flexibility index (Phi) is 5.99. The van der Waals surface area contributed by atoms with Crippen molar-refractivity contribution in [3.63, 3.8) is 0 Å². The third-order valence-corrected chi connectivity index (χ3v) is 3.71. The van der Waals surface area contributed by atoms with Crippen molar-refractivity contribution >= 4 is 6.09 Å². The van der Waals surface area contributed by atoms with Gasteiger partial charge in [-0.15, -0.1) is 12.3 Å². The van der Waals surface area contributed by atoms with Gasteiger partial charge >= 0.3 is 6.09 Å². The van der Waals surface area contributed by atoms with Gasteiger partial charge in [-0.05, 0) is 20.8 Å². The lowest BCUT2D eigenvalue weighted by Gasteiger charge is -2.39. The Balaban J connectivity index is 2.07. The second-order valence-corrected chi connectivity index (χ2v) is 6.96. The largest absolute Gasteiger partial charge is 0.474 e. The molecule has 0 aromatic carbocycles. The van der Waals surface area contributed by atoms with Crippen molar-refractivity contribution in [2.45, 2.75) is 57.8 Å². The maximum Gasteiger partial charge on any atom is 0.410 e. The molecule has 0 aliphatic carbocycles. The van der Waals surface area contributed by atoms with Crippen molar-refractivity contribution in [2.75, 3.05) is 6.54 Å². The van der Waals surface area contributed by atoms with Crippen molar-refractivity contribution in [3.05, 3.63) is 17.8 Å². The molecule has 1 aliphatic rings. The van der Waals surface area contributed by atoms with E-state index in [4.69, 9.17) is 21.2 Å². The van der Waals surface area contributed by atoms with E-state index < -0.39 is 17.6 Å². The first kappa shape index (κ1) is 19.5. The number of aromatic nitrogens is 2. The summed E-state index contributed by atoms with van der Waals surface area (Å²) in [5.74, 6) is 1.42. The highest BCUT2D eigenvalue weighted by molar-refractivity contribution is 5.68. The van der Waals surface area contributed by atoms with Crippen LogP contribution in [-0.2, 0) is 4.74 Å². The fourth-order valence-electron chi connectivity index (χ4n) is 2.69. The van der Waals surface area contributed by atoms with E-state index in [0.717, 1.165) is 6.07 Å². The Morgan fingerprint density at radius 3 is 2.85 bits per heavy atom. The molecule has 2 rings (SSSR count). The van der Waals surface area contributed by atoms with E-state index in [1.807, 2.05) is 0 Å². The molecule has 0 spiro atoms. The molecule has 26 heavy (non-hydrogen) atoms. The SMILES string of the molecule is C#CC[C@@H]1C[C@@H](Oc2cc(F)nc(C#N)n2)CCN1C(=O)OC(C)(C)C. The minimum absolute atomic E-state index is 0.00998. The van der Waals surface area contributed by atoms with Gasteiger partial charge in [-0.25, -0.2) is 4.79 Å². The van der Waals surface area contributed by atoms with Crippen molar-refractivity contribution in [1.29, 1.82) is 5.26 Å². The summed E-state index contributed by atoms with van der Waals surface area (Å²) in [4.78, 5) is 21.2. The average molecular weight is 360 g/mol. The van der Waals surface area contributed by atoms with Crippen LogP contribution in [0.4, 0.5) is 9.18 Å². The van der Waals surface area contributed by atoms with E-state index in [9.17, 15) is 9.18 Å². The van der Waals surface area contributed by atoms with Crippen LogP contribution < -0.4 is 4.74 Å². The highest BCUT2D eigenvalue weighted by Gasteiger charge is 2.34. The minimum Gasteiger partial charge on any atom is -0.474 e. The normalized spacial score (nSPS) is 20.0. The third-order valence-electron chi connectivity index (χ3n) is 3.71. The molecule has 0 N–H and O–H groups in total. The minimum atomic E-state index is -0.835. The maximum absolute atomic E-state index is 13.4. The Labute approximate surface area is 152 Å². The number of hydrogen-bond acceptors (Lipinski definition) is 6. The van der Waals surface area contributed by atoms with E-state index in [0.29, 0.717) is 25.8 Å². The van der Waals surface area contributed by atoms with E-state index in [-0.39, 0.29) is 23.9 Å². The second-order valence-electron chi connectivity index (χ2n) is 6.96. The van der Waals surface area contributed by atoms with Crippen molar-refractivity contribution in [1.82, 2.24) is 14.9 Å². The van der Waals surface area contributed by atoms with Gasteiger partial charge in [0.15, 0.2) is 0 Å². The first-order valence-electron chi connectivity index (χ1n) is 8.26. The van der Waals surface area contributed by atoms with Gasteiger partial charge in [0.05, 0.1) is 6.07 Å². The van der Waals surface area contributed by atoms with Gasteiger partial charge < -0.3 is 14.4 Å². The topological polar surface area (TPSA) is 88.3 Å². The molecule has 0 bridgehead atoms. The predicted molar refractivity (Wildman–Crippen MR) is 90.5 cm³/mol. The van der Waals surface area contributed by atoms with Gasteiger partial charge in [0, 0.05) is 31.8 Å². The summed E-state index contributed by atoms with van der Waals surface area (Å²) in [6, 6.07) is 2.45. The van der Waals surface area contributed by atoms with Crippen LogP contribution in [0, 0.1) is 29.6 Å². The molecular formula is C18H21FN4O3. The van der Waals surface area contributed by atoms with Crippen LogP contribution >= 0.6 is 0 Å². The molecule has 7 nitrogen and oxygen atoms in total. The number of carbonyl (C=O) groups excluding carboxylic acids is 1. The Morgan fingerprint density at radius 2 is 2.23 bits per heavy atom. The molecule has 8 heteroatoms. The van der Waals surface area contributed by atoms with Crippen LogP contribution in [0.2, 0.25) is 0 Å². The molecule has 1 aliphatic heterocycles. The predicted octanol–water partition coefficient (Wildman–Crippen LogP) is 2.66. The number of carbonyl (C=O) groups is 1. The first-order chi connectivity index (χ1) is 12.2. The smallest absolute Gasteiger partial charge is 0.410 e. The number of ether oxygens (including phenoxy) is 2. The monoisotopic (exact) mass is 360 g/mol. The standard InChI is InChI=1S/C18H21FN4O3/c1-5-6-12-9-13(7-8-23(12)17(24)26-18(2,3)4)25-16-10-14(19)21-15(11-20)22-16/h1,10,12-13H,6-9H2,2-4H3/t12-,13+/m1/s1. The number of terminal acetylenes is 1. The number of halogens is 1. The van der Waals surface area contributed by atoms with Crippen molar-refractivity contribution in [3.8, 4) is 24.3 Å². The van der Waals surface area contributed by atoms with Crippen LogP contribution in [0.5, 0.6) is 5.88 Å². The van der Waals surface area contributed by atoms with Gasteiger partial charge in [0.25, 0.3) is 0 Å². The summed E-state index contributed by atoms with van der Waals surface area (Å²) in [6.07, 6.45) is 6.01. The fourth-order valence-corrected chi connectivity index (χ4v) is 2.69. The lowest BCUT2D eigenvalue weighted by molar-refractivity contribution is -0.00376. The molecule has 0 unspecified atom stereocenters. The Morgan fingerprint density at radius 1 is 1.50 bits per heavy atom. The molecule has 0 saturated carbocycles. The van der Waals surface area contributed by atoms with Crippen LogP contribution in [-0.4, -0.2) is 45.3 Å². The van der Waals surface area contributed by atoms with Gasteiger partial charge in [-0.2, -0.15) is 19.6 Å². The molecule has 0 radical (unpaired) electrons. The highest BCUT2D eigenvalue weighted by atomic mass is 19.1. The number of nitrogens with zero attached hydrogens (tertiary/aromatic N) is 4. The summed E-state index contributed by atoms with van der Waals surface area (Å²) in [7, 11) is 0. The number of rotatable bonds is 3. The average Bonchev–Trinajstić information content (AvgIpc) is 2.53. The summed E-state index contributed by atoms with van der Waals surface area (Å²) in [5.41, 5.74) is -0.600. The molecule has 1 aromatic heterocycles. The third kappa shape index (κ3) is 5.32. The van der Waals surface area contributed by atoms with E-state index >= 15 is 0 Å². The molecule has 1 amide bonds. The van der Waals surface area contributed by atoms with Crippen molar-refractivity contribution < 1.29 is 18.7 Å². The number of amides is 1. The zero-order chi connectivity index (χ0) is 19.3. The maximum atomic E-state index is 13.4. The summed E-state index contributed by atoms with van der Waals surface area (Å²) >= 11 is 0. The molecule has 1 saturated heterocycles. The lowest BCUT2D eigenvalue weighted by atomic mass is 9.97. The Hall–Kier alpha value is -2.87. The second kappa shape index (κ2) is 8.01. The van der Waals surface area contributed by atoms with Crippen LogP contribution in [0.1, 0.15) is 45.9 Å². The number of likely N-dealkylation sites (tertiary alicyclic amines) is 1. The molecule has 138 valence electrons.